The van der Waals surface area contributed by atoms with Crippen molar-refractivity contribution in [2.24, 2.45) is 0 Å². The Kier molecular flexibility index (Phi) is 6.05. The maximum atomic E-state index is 12.5. The molecule has 1 aromatic heterocycles. The van der Waals surface area contributed by atoms with E-state index in [-0.39, 0.29) is 30.7 Å². The lowest BCUT2D eigenvalue weighted by molar-refractivity contribution is -0.113. The van der Waals surface area contributed by atoms with E-state index in [0.717, 1.165) is 36.9 Å². The first-order valence-corrected chi connectivity index (χ1v) is 10.7. The minimum Gasteiger partial charge on any atom is -0.454 e. The Balaban J connectivity index is 1.46. The molecule has 0 fully saturated rings. The summed E-state index contributed by atoms with van der Waals surface area (Å²) in [7, 11) is 0. The molecule has 1 amide bonds. The van der Waals surface area contributed by atoms with Crippen LogP contribution in [0.1, 0.15) is 30.5 Å². The van der Waals surface area contributed by atoms with E-state index in [9.17, 15) is 9.59 Å². The van der Waals surface area contributed by atoms with Crippen molar-refractivity contribution in [3.8, 4) is 11.5 Å². The van der Waals surface area contributed by atoms with Gasteiger partial charge in [0.05, 0.1) is 5.75 Å². The fourth-order valence-corrected chi connectivity index (χ4v) is 4.51. The van der Waals surface area contributed by atoms with E-state index in [1.54, 1.807) is 22.8 Å². The number of carbonyl (C=O) groups is 1. The molecular weight excluding hydrogens is 394 g/mol. The van der Waals surface area contributed by atoms with E-state index in [1.807, 2.05) is 0 Å². The van der Waals surface area contributed by atoms with Gasteiger partial charge < -0.3 is 19.9 Å². The number of thioether (sulfide) groups is 1. The van der Waals surface area contributed by atoms with Crippen molar-refractivity contribution in [3.05, 3.63) is 39.9 Å². The molecule has 29 heavy (non-hydrogen) atoms. The first kappa shape index (κ1) is 19.8. The lowest BCUT2D eigenvalue weighted by atomic mass is 9.97. The molecule has 9 heteroatoms. The zero-order chi connectivity index (χ0) is 20.2. The molecule has 2 aliphatic rings. The standard InChI is InChI=1S/C20H23N3O5S/c24-9-3-8-23-15-5-2-1-4-14(15)19(22-20(23)26)29-11-18(25)21-13-6-7-16-17(10-13)28-12-27-16/h6-7,10,24H,1-5,8-9,11-12H2,(H,21,25). The molecule has 1 aliphatic heterocycles. The molecule has 2 aromatic rings. The average molecular weight is 417 g/mol. The second kappa shape index (κ2) is 8.87. The van der Waals surface area contributed by atoms with E-state index in [4.69, 9.17) is 14.6 Å². The summed E-state index contributed by atoms with van der Waals surface area (Å²) in [6.07, 6.45) is 4.29. The Bertz CT molecular complexity index is 975. The van der Waals surface area contributed by atoms with Crippen LogP contribution < -0.4 is 20.5 Å². The summed E-state index contributed by atoms with van der Waals surface area (Å²) in [5.74, 6) is 1.26. The van der Waals surface area contributed by atoms with Crippen LogP contribution in [0, 0.1) is 0 Å². The number of carbonyl (C=O) groups excluding carboxylic acids is 1. The summed E-state index contributed by atoms with van der Waals surface area (Å²) < 4.78 is 12.3. The number of aliphatic hydroxyl groups is 1. The number of nitrogens with one attached hydrogen (secondary N) is 1. The number of aliphatic hydroxyl groups excluding tert-OH is 1. The molecule has 0 unspecified atom stereocenters. The first-order valence-electron chi connectivity index (χ1n) is 9.71. The number of hydrogen-bond donors (Lipinski definition) is 2. The minimum absolute atomic E-state index is 0.0394. The van der Waals surface area contributed by atoms with Gasteiger partial charge in [0, 0.05) is 36.2 Å². The van der Waals surface area contributed by atoms with Crippen LogP contribution in [0.2, 0.25) is 0 Å². The second-order valence-corrected chi connectivity index (χ2v) is 7.93. The van der Waals surface area contributed by atoms with Crippen molar-refractivity contribution in [2.75, 3.05) is 24.5 Å². The van der Waals surface area contributed by atoms with Gasteiger partial charge in [-0.1, -0.05) is 11.8 Å². The Morgan fingerprint density at radius 3 is 2.93 bits per heavy atom. The summed E-state index contributed by atoms with van der Waals surface area (Å²) in [4.78, 5) is 29.1. The Hall–Kier alpha value is -2.52. The SMILES string of the molecule is O=C(CSc1nc(=O)n(CCCO)c2c1CCCC2)Nc1ccc2c(c1)OCO2. The number of hydrogen-bond acceptors (Lipinski definition) is 7. The van der Waals surface area contributed by atoms with Gasteiger partial charge in [-0.05, 0) is 44.2 Å². The molecule has 154 valence electrons. The maximum absolute atomic E-state index is 12.5. The van der Waals surface area contributed by atoms with Crippen LogP contribution >= 0.6 is 11.8 Å². The van der Waals surface area contributed by atoms with Gasteiger partial charge in [0.2, 0.25) is 12.7 Å². The van der Waals surface area contributed by atoms with Gasteiger partial charge in [0.25, 0.3) is 0 Å². The number of amides is 1. The number of anilines is 1. The highest BCUT2D eigenvalue weighted by atomic mass is 32.2. The first-order chi connectivity index (χ1) is 14.2. The highest BCUT2D eigenvalue weighted by molar-refractivity contribution is 8.00. The number of rotatable bonds is 7. The van der Waals surface area contributed by atoms with Gasteiger partial charge in [-0.25, -0.2) is 4.79 Å². The normalized spacial score (nSPS) is 14.5. The molecule has 0 saturated carbocycles. The topological polar surface area (TPSA) is 103 Å². The summed E-state index contributed by atoms with van der Waals surface area (Å²) in [6.45, 7) is 0.696. The van der Waals surface area contributed by atoms with Crippen molar-refractivity contribution < 1.29 is 19.4 Å². The number of ether oxygens (including phenoxy) is 2. The zero-order valence-corrected chi connectivity index (χ0v) is 16.8. The fraction of sp³-hybridized carbons (Fsp3) is 0.450. The van der Waals surface area contributed by atoms with Gasteiger partial charge in [-0.3, -0.25) is 9.36 Å². The third-order valence-electron chi connectivity index (χ3n) is 4.99. The van der Waals surface area contributed by atoms with Crippen molar-refractivity contribution in [2.45, 2.75) is 43.7 Å². The van der Waals surface area contributed by atoms with Gasteiger partial charge >= 0.3 is 5.69 Å². The number of nitrogens with zero attached hydrogens (tertiary/aromatic N) is 2. The number of fused-ring (bicyclic) bond motifs is 2. The van der Waals surface area contributed by atoms with Crippen LogP contribution in [0.4, 0.5) is 5.69 Å². The molecule has 0 spiro atoms. The molecule has 8 nitrogen and oxygen atoms in total. The third-order valence-corrected chi connectivity index (χ3v) is 6.00. The monoisotopic (exact) mass is 417 g/mol. The van der Waals surface area contributed by atoms with Crippen molar-refractivity contribution >= 4 is 23.4 Å². The molecule has 0 atom stereocenters. The molecule has 0 radical (unpaired) electrons. The van der Waals surface area contributed by atoms with Crippen LogP contribution in [-0.2, 0) is 24.2 Å². The third kappa shape index (κ3) is 4.40. The van der Waals surface area contributed by atoms with E-state index in [2.05, 4.69) is 10.3 Å². The Morgan fingerprint density at radius 1 is 1.24 bits per heavy atom. The average Bonchev–Trinajstić information content (AvgIpc) is 3.19. The van der Waals surface area contributed by atoms with Crippen molar-refractivity contribution in [1.29, 1.82) is 0 Å². The predicted molar refractivity (Wildman–Crippen MR) is 109 cm³/mol. The van der Waals surface area contributed by atoms with Crippen LogP contribution in [0.25, 0.3) is 0 Å². The molecule has 2 N–H and O–H groups in total. The van der Waals surface area contributed by atoms with Crippen LogP contribution in [0.15, 0.2) is 28.0 Å². The fourth-order valence-electron chi connectivity index (χ4n) is 3.63. The maximum Gasteiger partial charge on any atom is 0.348 e. The quantitative estimate of drug-likeness (QED) is 0.524. The van der Waals surface area contributed by atoms with Gasteiger partial charge in [0.15, 0.2) is 11.5 Å². The Labute approximate surface area is 172 Å². The molecule has 2 heterocycles. The van der Waals surface area contributed by atoms with Gasteiger partial charge in [-0.15, -0.1) is 0 Å². The van der Waals surface area contributed by atoms with E-state index in [0.29, 0.717) is 35.2 Å². The molecular formula is C20H23N3O5S. The molecule has 1 aliphatic carbocycles. The molecule has 0 bridgehead atoms. The smallest absolute Gasteiger partial charge is 0.348 e. The van der Waals surface area contributed by atoms with Crippen LogP contribution in [0.3, 0.4) is 0 Å². The van der Waals surface area contributed by atoms with Gasteiger partial charge in [0.1, 0.15) is 5.03 Å². The summed E-state index contributed by atoms with van der Waals surface area (Å²) in [6, 6.07) is 5.25. The van der Waals surface area contributed by atoms with E-state index in [1.165, 1.54) is 11.8 Å². The van der Waals surface area contributed by atoms with Crippen molar-refractivity contribution in [1.82, 2.24) is 9.55 Å². The summed E-state index contributed by atoms with van der Waals surface area (Å²) in [5.41, 5.74) is 2.39. The number of benzene rings is 1. The lowest BCUT2D eigenvalue weighted by Crippen LogP contribution is -2.30. The summed E-state index contributed by atoms with van der Waals surface area (Å²) >= 11 is 1.29. The molecule has 1 aromatic carbocycles. The van der Waals surface area contributed by atoms with E-state index >= 15 is 0 Å². The largest absolute Gasteiger partial charge is 0.454 e. The lowest BCUT2D eigenvalue weighted by Gasteiger charge is -2.22. The van der Waals surface area contributed by atoms with Gasteiger partial charge in [-0.2, -0.15) is 4.98 Å². The highest BCUT2D eigenvalue weighted by Crippen LogP contribution is 2.34. The highest BCUT2D eigenvalue weighted by Gasteiger charge is 2.21. The number of aromatic nitrogens is 2. The van der Waals surface area contributed by atoms with Crippen LogP contribution in [-0.4, -0.2) is 39.7 Å². The summed E-state index contributed by atoms with van der Waals surface area (Å²) in [5, 5.41) is 12.6. The van der Waals surface area contributed by atoms with Crippen molar-refractivity contribution in [3.63, 3.8) is 0 Å². The zero-order valence-electron chi connectivity index (χ0n) is 16.0. The van der Waals surface area contributed by atoms with E-state index < -0.39 is 0 Å². The molecule has 0 saturated heterocycles. The Morgan fingerprint density at radius 2 is 2.07 bits per heavy atom. The minimum atomic E-state index is -0.308. The molecule has 4 rings (SSSR count). The van der Waals surface area contributed by atoms with Crippen LogP contribution in [0.5, 0.6) is 11.5 Å². The predicted octanol–water partition coefficient (Wildman–Crippen LogP) is 1.96. The second-order valence-electron chi connectivity index (χ2n) is 6.97.